The van der Waals surface area contributed by atoms with Gasteiger partial charge in [-0.25, -0.2) is 4.79 Å². The van der Waals surface area contributed by atoms with Gasteiger partial charge in [0.25, 0.3) is 5.91 Å². The van der Waals surface area contributed by atoms with E-state index in [0.29, 0.717) is 17.2 Å². The monoisotopic (exact) mass is 305 g/mol. The number of hydrogen-bond acceptors (Lipinski definition) is 4. The summed E-state index contributed by atoms with van der Waals surface area (Å²) in [7, 11) is 3.27. The Morgan fingerprint density at radius 2 is 1.95 bits per heavy atom. The van der Waals surface area contributed by atoms with Crippen LogP contribution in [-0.4, -0.2) is 36.0 Å². The first kappa shape index (κ1) is 15.1. The second-order valence-corrected chi connectivity index (χ2v) is 5.43. The number of carbonyl (C=O) groups excluding carboxylic acids is 1. The minimum atomic E-state index is -0.961. The normalized spacial score (nSPS) is 10.2. The van der Waals surface area contributed by atoms with Crippen LogP contribution in [-0.2, 0) is 6.54 Å². The number of amides is 1. The van der Waals surface area contributed by atoms with Gasteiger partial charge in [-0.05, 0) is 17.7 Å². The quantitative estimate of drug-likeness (QED) is 0.922. The molecular weight excluding hydrogens is 290 g/mol. The maximum absolute atomic E-state index is 12.2. The van der Waals surface area contributed by atoms with E-state index >= 15 is 0 Å². The van der Waals surface area contributed by atoms with E-state index in [9.17, 15) is 9.59 Å². The zero-order chi connectivity index (χ0) is 15.4. The molecule has 1 heterocycles. The second-order valence-electron chi connectivity index (χ2n) is 4.51. The van der Waals surface area contributed by atoms with Gasteiger partial charge in [0.2, 0.25) is 0 Å². The zero-order valence-corrected chi connectivity index (χ0v) is 12.5. The predicted octanol–water partition coefficient (Wildman–Crippen LogP) is 2.73. The number of rotatable bonds is 5. The Balaban J connectivity index is 2.04. The van der Waals surface area contributed by atoms with Crippen molar-refractivity contribution in [3.8, 4) is 5.75 Å². The molecule has 0 fully saturated rings. The van der Waals surface area contributed by atoms with Gasteiger partial charge in [-0.1, -0.05) is 12.1 Å². The molecule has 5 nitrogen and oxygen atoms in total. The van der Waals surface area contributed by atoms with Crippen molar-refractivity contribution in [3.63, 3.8) is 0 Å². The maximum Gasteiger partial charge on any atom is 0.335 e. The highest BCUT2D eigenvalue weighted by Crippen LogP contribution is 2.22. The summed E-state index contributed by atoms with van der Waals surface area (Å²) in [6, 6.07) is 8.19. The Morgan fingerprint density at radius 1 is 1.29 bits per heavy atom. The molecule has 6 heteroatoms. The number of ether oxygens (including phenoxy) is 1. The summed E-state index contributed by atoms with van der Waals surface area (Å²) >= 11 is 1.33. The average Bonchev–Trinajstić information content (AvgIpc) is 2.95. The summed E-state index contributed by atoms with van der Waals surface area (Å²) in [5, 5.41) is 10.6. The summed E-state index contributed by atoms with van der Waals surface area (Å²) in [4.78, 5) is 25.2. The van der Waals surface area contributed by atoms with Crippen LogP contribution in [0.1, 0.15) is 25.6 Å². The smallest absolute Gasteiger partial charge is 0.335 e. The van der Waals surface area contributed by atoms with Gasteiger partial charge in [0.1, 0.15) is 5.75 Å². The molecule has 110 valence electrons. The Kier molecular flexibility index (Phi) is 4.59. The van der Waals surface area contributed by atoms with Gasteiger partial charge in [0.05, 0.1) is 17.6 Å². The largest absolute Gasteiger partial charge is 0.496 e. The van der Waals surface area contributed by atoms with E-state index in [-0.39, 0.29) is 11.5 Å². The van der Waals surface area contributed by atoms with Crippen molar-refractivity contribution in [1.82, 2.24) is 4.90 Å². The first-order chi connectivity index (χ1) is 10.0. The van der Waals surface area contributed by atoms with Crippen LogP contribution in [0.15, 0.2) is 35.7 Å². The summed E-state index contributed by atoms with van der Waals surface area (Å²) in [6.45, 7) is 0.416. The van der Waals surface area contributed by atoms with E-state index in [0.717, 1.165) is 5.56 Å². The molecule has 0 saturated carbocycles. The maximum atomic E-state index is 12.2. The van der Waals surface area contributed by atoms with Crippen LogP contribution in [0.4, 0.5) is 0 Å². The Morgan fingerprint density at radius 3 is 2.48 bits per heavy atom. The van der Waals surface area contributed by atoms with Gasteiger partial charge >= 0.3 is 5.97 Å². The molecule has 0 spiro atoms. The molecule has 0 unspecified atom stereocenters. The fourth-order valence-electron chi connectivity index (χ4n) is 1.82. The topological polar surface area (TPSA) is 66.8 Å². The fourth-order valence-corrected chi connectivity index (χ4v) is 2.67. The molecule has 1 aromatic carbocycles. The van der Waals surface area contributed by atoms with E-state index in [4.69, 9.17) is 9.84 Å². The molecule has 2 rings (SSSR count). The number of carbonyl (C=O) groups is 2. The van der Waals surface area contributed by atoms with Crippen molar-refractivity contribution in [2.45, 2.75) is 6.54 Å². The van der Waals surface area contributed by atoms with Crippen molar-refractivity contribution >= 4 is 23.2 Å². The number of carboxylic acids is 1. The molecule has 0 saturated heterocycles. The van der Waals surface area contributed by atoms with Crippen molar-refractivity contribution < 1.29 is 19.4 Å². The van der Waals surface area contributed by atoms with E-state index in [1.807, 2.05) is 0 Å². The second kappa shape index (κ2) is 6.41. The molecule has 0 bridgehead atoms. The number of hydrogen-bond donors (Lipinski definition) is 1. The van der Waals surface area contributed by atoms with Crippen molar-refractivity contribution in [2.24, 2.45) is 0 Å². The predicted molar refractivity (Wildman–Crippen MR) is 80.1 cm³/mol. The summed E-state index contributed by atoms with van der Waals surface area (Å²) in [5.41, 5.74) is 1.11. The lowest BCUT2D eigenvalue weighted by Crippen LogP contribution is -2.25. The van der Waals surface area contributed by atoms with Crippen LogP contribution < -0.4 is 4.74 Å². The van der Waals surface area contributed by atoms with Gasteiger partial charge in [0.15, 0.2) is 0 Å². The third-order valence-corrected chi connectivity index (χ3v) is 3.89. The van der Waals surface area contributed by atoms with Gasteiger partial charge in [-0.2, -0.15) is 0 Å². The number of nitrogens with zero attached hydrogens (tertiary/aromatic N) is 1. The molecule has 1 N–H and O–H groups in total. The van der Waals surface area contributed by atoms with Gasteiger partial charge in [-0.3, -0.25) is 4.79 Å². The van der Waals surface area contributed by atoms with Crippen molar-refractivity contribution in [1.29, 1.82) is 0 Å². The van der Waals surface area contributed by atoms with Crippen LogP contribution in [0.2, 0.25) is 0 Å². The third kappa shape index (κ3) is 3.61. The number of aromatic carboxylic acids is 1. The minimum Gasteiger partial charge on any atom is -0.496 e. The average molecular weight is 305 g/mol. The van der Waals surface area contributed by atoms with Gasteiger partial charge in [-0.15, -0.1) is 11.3 Å². The van der Waals surface area contributed by atoms with Crippen molar-refractivity contribution in [3.05, 3.63) is 51.7 Å². The number of thiophene rings is 1. The van der Waals surface area contributed by atoms with Crippen LogP contribution in [0, 0.1) is 0 Å². The van der Waals surface area contributed by atoms with E-state index in [1.165, 1.54) is 23.5 Å². The van der Waals surface area contributed by atoms with Crippen LogP contribution >= 0.6 is 11.3 Å². The first-order valence-corrected chi connectivity index (χ1v) is 7.09. The third-order valence-electron chi connectivity index (χ3n) is 2.99. The first-order valence-electron chi connectivity index (χ1n) is 6.21. The standard InChI is InChI=1S/C15H15NO4S/c1-16(14(17)13-7-12(20-2)9-21-13)8-10-3-5-11(6-4-10)15(18)19/h3-7,9H,8H2,1-2H3,(H,18,19). The molecule has 0 aliphatic rings. The Labute approximate surface area is 126 Å². The number of benzene rings is 1. The highest BCUT2D eigenvalue weighted by Gasteiger charge is 2.15. The summed E-state index contributed by atoms with van der Waals surface area (Å²) < 4.78 is 5.06. The summed E-state index contributed by atoms with van der Waals surface area (Å²) in [6.07, 6.45) is 0. The van der Waals surface area contributed by atoms with Crippen LogP contribution in [0.3, 0.4) is 0 Å². The molecule has 1 amide bonds. The molecule has 0 radical (unpaired) electrons. The Bertz CT molecular complexity index is 648. The molecule has 2 aromatic rings. The van der Waals surface area contributed by atoms with E-state index in [2.05, 4.69) is 0 Å². The number of carboxylic acid groups (broad SMARTS) is 1. The van der Waals surface area contributed by atoms with Crippen LogP contribution in [0.5, 0.6) is 5.75 Å². The molecular formula is C15H15NO4S. The molecule has 0 atom stereocenters. The highest BCUT2D eigenvalue weighted by molar-refractivity contribution is 7.12. The van der Waals surface area contributed by atoms with Gasteiger partial charge < -0.3 is 14.7 Å². The lowest BCUT2D eigenvalue weighted by molar-refractivity contribution is 0.0695. The van der Waals surface area contributed by atoms with E-state index < -0.39 is 5.97 Å². The van der Waals surface area contributed by atoms with Gasteiger partial charge in [0, 0.05) is 25.0 Å². The Hall–Kier alpha value is -2.34. The molecule has 0 aliphatic carbocycles. The molecule has 21 heavy (non-hydrogen) atoms. The highest BCUT2D eigenvalue weighted by atomic mass is 32.1. The van der Waals surface area contributed by atoms with Crippen molar-refractivity contribution in [2.75, 3.05) is 14.2 Å². The minimum absolute atomic E-state index is 0.0920. The summed E-state index contributed by atoms with van der Waals surface area (Å²) in [5.74, 6) is -0.384. The molecule has 1 aromatic heterocycles. The SMILES string of the molecule is COc1csc(C(=O)N(C)Cc2ccc(C(=O)O)cc2)c1. The van der Waals surface area contributed by atoms with Crippen LogP contribution in [0.25, 0.3) is 0 Å². The number of methoxy groups -OCH3 is 1. The molecule has 0 aliphatic heterocycles. The fraction of sp³-hybridized carbons (Fsp3) is 0.200. The zero-order valence-electron chi connectivity index (χ0n) is 11.7. The van der Waals surface area contributed by atoms with E-state index in [1.54, 1.807) is 42.6 Å². The lowest BCUT2D eigenvalue weighted by atomic mass is 10.1. The lowest BCUT2D eigenvalue weighted by Gasteiger charge is -2.16.